The van der Waals surface area contributed by atoms with E-state index in [2.05, 4.69) is 33.8 Å². The highest BCUT2D eigenvalue weighted by Gasteiger charge is 2.52. The minimum atomic E-state index is -0.321. The predicted molar refractivity (Wildman–Crippen MR) is 76.0 cm³/mol. The first-order valence-electron chi connectivity index (χ1n) is 6.46. The molecule has 0 saturated carbocycles. The van der Waals surface area contributed by atoms with E-state index in [9.17, 15) is 0 Å². The third-order valence-corrected chi connectivity index (χ3v) is 4.09. The third kappa shape index (κ3) is 2.58. The number of hydrogen-bond donors (Lipinski definition) is 0. The molecule has 1 fully saturated rings. The van der Waals surface area contributed by atoms with Crippen LogP contribution in [-0.2, 0) is 15.7 Å². The molecule has 1 aliphatic rings. The molecule has 1 saturated heterocycles. The van der Waals surface area contributed by atoms with Crippen LogP contribution in [0.3, 0.4) is 0 Å². The lowest BCUT2D eigenvalue weighted by atomic mass is 9.82. The van der Waals surface area contributed by atoms with Gasteiger partial charge < -0.3 is 9.31 Å². The van der Waals surface area contributed by atoms with Crippen LogP contribution in [0.4, 0.5) is 0 Å². The Balaban J connectivity index is 2.21. The molecular formula is C14H20BClO2. The minimum Gasteiger partial charge on any atom is -0.403 e. The molecule has 4 heteroatoms. The smallest absolute Gasteiger partial charge is 0.403 e. The van der Waals surface area contributed by atoms with Gasteiger partial charge in [-0.3, -0.25) is 0 Å². The van der Waals surface area contributed by atoms with Crippen molar-refractivity contribution >= 4 is 18.7 Å². The van der Waals surface area contributed by atoms with E-state index >= 15 is 0 Å². The van der Waals surface area contributed by atoms with Crippen LogP contribution in [0.15, 0.2) is 24.3 Å². The molecule has 1 heterocycles. The molecular weight excluding hydrogens is 246 g/mol. The molecule has 98 valence electrons. The molecule has 1 unspecified atom stereocenters. The van der Waals surface area contributed by atoms with Crippen molar-refractivity contribution in [3.8, 4) is 0 Å². The molecule has 0 N–H and O–H groups in total. The van der Waals surface area contributed by atoms with Gasteiger partial charge >= 0.3 is 7.12 Å². The van der Waals surface area contributed by atoms with Crippen LogP contribution < -0.4 is 0 Å². The summed E-state index contributed by atoms with van der Waals surface area (Å²) < 4.78 is 12.1. The summed E-state index contributed by atoms with van der Waals surface area (Å²) in [7, 11) is -0.107. The summed E-state index contributed by atoms with van der Waals surface area (Å²) in [5.74, 6) is 0. The van der Waals surface area contributed by atoms with Gasteiger partial charge in [-0.1, -0.05) is 30.7 Å². The molecule has 1 aliphatic heterocycles. The normalized spacial score (nSPS) is 26.6. The summed E-state index contributed by atoms with van der Waals surface area (Å²) in [5, 5.41) is 0.764. The van der Waals surface area contributed by atoms with Crippen LogP contribution in [0.5, 0.6) is 0 Å². The molecule has 1 atom stereocenters. The summed E-state index contributed by atoms with van der Waals surface area (Å²) in [6.07, 6.45) is 1.67. The lowest BCUT2D eigenvalue weighted by Gasteiger charge is -2.36. The van der Waals surface area contributed by atoms with E-state index < -0.39 is 0 Å². The highest BCUT2D eigenvalue weighted by Crippen LogP contribution is 2.40. The quantitative estimate of drug-likeness (QED) is 0.771. The van der Waals surface area contributed by atoms with Crippen LogP contribution in [0.25, 0.3) is 0 Å². The fourth-order valence-electron chi connectivity index (χ4n) is 2.37. The Morgan fingerprint density at radius 2 is 1.94 bits per heavy atom. The maximum absolute atomic E-state index is 6.09. The zero-order valence-corrected chi connectivity index (χ0v) is 12.3. The SMILES string of the molecule is CCB1OC(C)(C)C(C)(Cc2cccc(Cl)c2)O1. The van der Waals surface area contributed by atoms with Crippen molar-refractivity contribution in [2.24, 2.45) is 0 Å². The van der Waals surface area contributed by atoms with E-state index in [4.69, 9.17) is 20.9 Å². The molecule has 0 aromatic heterocycles. The van der Waals surface area contributed by atoms with E-state index in [1.54, 1.807) is 0 Å². The largest absolute Gasteiger partial charge is 0.457 e. The lowest BCUT2D eigenvalue weighted by molar-refractivity contribution is -0.00877. The molecule has 0 spiro atoms. The number of benzene rings is 1. The second kappa shape index (κ2) is 4.88. The predicted octanol–water partition coefficient (Wildman–Crippen LogP) is 3.97. The number of hydrogen-bond acceptors (Lipinski definition) is 2. The lowest BCUT2D eigenvalue weighted by Crippen LogP contribution is -2.46. The fraction of sp³-hybridized carbons (Fsp3) is 0.571. The standard InChI is InChI=1S/C14H20BClO2/c1-5-15-17-13(2,3)14(4,18-15)10-11-7-6-8-12(16)9-11/h6-9H,5,10H2,1-4H3. The van der Waals surface area contributed by atoms with Crippen LogP contribution in [0.1, 0.15) is 33.3 Å². The topological polar surface area (TPSA) is 18.5 Å². The second-order valence-electron chi connectivity index (χ2n) is 5.62. The summed E-state index contributed by atoms with van der Waals surface area (Å²) in [4.78, 5) is 0. The molecule has 1 aromatic carbocycles. The van der Waals surface area contributed by atoms with Gasteiger partial charge in [-0.15, -0.1) is 0 Å². The van der Waals surface area contributed by atoms with Gasteiger partial charge in [0.2, 0.25) is 0 Å². The molecule has 18 heavy (non-hydrogen) atoms. The highest BCUT2D eigenvalue weighted by atomic mass is 35.5. The van der Waals surface area contributed by atoms with Crippen molar-refractivity contribution in [3.63, 3.8) is 0 Å². The van der Waals surface area contributed by atoms with E-state index in [0.717, 1.165) is 17.8 Å². The molecule has 0 amide bonds. The zero-order valence-electron chi connectivity index (χ0n) is 11.5. The Kier molecular flexibility index (Phi) is 3.77. The summed E-state index contributed by atoms with van der Waals surface area (Å²) in [6.45, 7) is 8.37. The summed E-state index contributed by atoms with van der Waals surface area (Å²) >= 11 is 6.03. The maximum atomic E-state index is 6.09. The Labute approximate surface area is 115 Å². The zero-order chi connectivity index (χ0) is 13.4. The number of rotatable bonds is 3. The van der Waals surface area contributed by atoms with Crippen LogP contribution in [0, 0.1) is 0 Å². The average molecular weight is 267 g/mol. The van der Waals surface area contributed by atoms with E-state index in [1.807, 2.05) is 18.2 Å². The Hall–Kier alpha value is -0.505. The molecule has 0 radical (unpaired) electrons. The van der Waals surface area contributed by atoms with Gasteiger partial charge in [0, 0.05) is 11.4 Å². The molecule has 1 aromatic rings. The van der Waals surface area contributed by atoms with Gasteiger partial charge in [0.15, 0.2) is 0 Å². The molecule has 2 nitrogen and oxygen atoms in total. The molecule has 0 bridgehead atoms. The monoisotopic (exact) mass is 266 g/mol. The summed E-state index contributed by atoms with van der Waals surface area (Å²) in [6, 6.07) is 7.93. The van der Waals surface area contributed by atoms with Crippen LogP contribution in [0.2, 0.25) is 11.3 Å². The van der Waals surface area contributed by atoms with Crippen molar-refractivity contribution in [1.82, 2.24) is 0 Å². The first kappa shape index (κ1) is 13.9. The van der Waals surface area contributed by atoms with Crippen molar-refractivity contribution in [2.45, 2.75) is 51.6 Å². The van der Waals surface area contributed by atoms with Gasteiger partial charge in [0.1, 0.15) is 0 Å². The van der Waals surface area contributed by atoms with Gasteiger partial charge in [-0.25, -0.2) is 0 Å². The Bertz CT molecular complexity index is 436. The first-order chi connectivity index (χ1) is 8.36. The first-order valence-corrected chi connectivity index (χ1v) is 6.84. The Morgan fingerprint density at radius 3 is 2.50 bits per heavy atom. The number of halogens is 1. The average Bonchev–Trinajstić information content (AvgIpc) is 2.49. The van der Waals surface area contributed by atoms with Crippen molar-refractivity contribution in [2.75, 3.05) is 0 Å². The van der Waals surface area contributed by atoms with Gasteiger partial charge in [-0.2, -0.15) is 0 Å². The van der Waals surface area contributed by atoms with E-state index in [-0.39, 0.29) is 18.3 Å². The fourth-order valence-corrected chi connectivity index (χ4v) is 2.58. The second-order valence-corrected chi connectivity index (χ2v) is 6.06. The van der Waals surface area contributed by atoms with Gasteiger partial charge in [0.25, 0.3) is 0 Å². The van der Waals surface area contributed by atoms with E-state index in [1.165, 1.54) is 5.56 Å². The van der Waals surface area contributed by atoms with Crippen molar-refractivity contribution < 1.29 is 9.31 Å². The van der Waals surface area contributed by atoms with Crippen LogP contribution in [-0.4, -0.2) is 18.3 Å². The molecule has 2 rings (SSSR count). The highest BCUT2D eigenvalue weighted by molar-refractivity contribution is 6.45. The van der Waals surface area contributed by atoms with E-state index in [0.29, 0.717) is 0 Å². The van der Waals surface area contributed by atoms with Crippen LogP contribution >= 0.6 is 11.6 Å². The summed E-state index contributed by atoms with van der Waals surface area (Å²) in [5.41, 5.74) is 0.562. The maximum Gasteiger partial charge on any atom is 0.457 e. The molecule has 0 aliphatic carbocycles. The van der Waals surface area contributed by atoms with Gasteiger partial charge in [0.05, 0.1) is 11.2 Å². The minimum absolute atomic E-state index is 0.107. The Morgan fingerprint density at radius 1 is 1.22 bits per heavy atom. The van der Waals surface area contributed by atoms with Crippen molar-refractivity contribution in [3.05, 3.63) is 34.9 Å². The third-order valence-electron chi connectivity index (χ3n) is 3.86. The van der Waals surface area contributed by atoms with Crippen molar-refractivity contribution in [1.29, 1.82) is 0 Å². The van der Waals surface area contributed by atoms with Gasteiger partial charge in [-0.05, 0) is 44.8 Å².